The molecular formula is C8H11FN2O4S2. The van der Waals surface area contributed by atoms with Crippen LogP contribution in [0.2, 0.25) is 0 Å². The Hall–Kier alpha value is -1.03. The van der Waals surface area contributed by atoms with E-state index >= 15 is 0 Å². The molecule has 0 amide bonds. The molecular weight excluding hydrogens is 271 g/mol. The molecule has 3 N–H and O–H groups in total. The molecule has 6 nitrogen and oxygen atoms in total. The molecule has 0 aliphatic rings. The van der Waals surface area contributed by atoms with E-state index in [2.05, 4.69) is 0 Å². The fraction of sp³-hybridized carbons (Fsp3) is 0.250. The van der Waals surface area contributed by atoms with Gasteiger partial charge in [0.05, 0.1) is 5.75 Å². The van der Waals surface area contributed by atoms with Crippen molar-refractivity contribution in [3.8, 4) is 0 Å². The van der Waals surface area contributed by atoms with E-state index in [9.17, 15) is 21.2 Å². The lowest BCUT2D eigenvalue weighted by Crippen LogP contribution is -2.31. The third-order valence-electron chi connectivity index (χ3n) is 1.80. The standard InChI is InChI=1S/C8H11FN2O4S2/c9-7-3-1-2-4-8(7)17(14,15)11-5-6-16(10,12)13/h1-4,11H,5-6H2,(H2,10,12,13). The van der Waals surface area contributed by atoms with Crippen LogP contribution in [0.15, 0.2) is 29.2 Å². The molecule has 0 aromatic heterocycles. The van der Waals surface area contributed by atoms with Crippen molar-refractivity contribution in [3.63, 3.8) is 0 Å². The Balaban J connectivity index is 2.81. The van der Waals surface area contributed by atoms with Crippen LogP contribution in [0.5, 0.6) is 0 Å². The predicted molar refractivity (Wildman–Crippen MR) is 59.6 cm³/mol. The Morgan fingerprint density at radius 3 is 2.29 bits per heavy atom. The van der Waals surface area contributed by atoms with E-state index in [1.54, 1.807) is 0 Å². The Morgan fingerprint density at radius 1 is 1.18 bits per heavy atom. The van der Waals surface area contributed by atoms with Gasteiger partial charge in [0, 0.05) is 6.54 Å². The van der Waals surface area contributed by atoms with Crippen molar-refractivity contribution in [2.24, 2.45) is 5.14 Å². The van der Waals surface area contributed by atoms with Crippen molar-refractivity contribution in [3.05, 3.63) is 30.1 Å². The Kier molecular flexibility index (Phi) is 4.20. The van der Waals surface area contributed by atoms with Gasteiger partial charge in [-0.05, 0) is 12.1 Å². The number of benzene rings is 1. The van der Waals surface area contributed by atoms with Crippen LogP contribution in [0.4, 0.5) is 4.39 Å². The molecule has 1 rings (SSSR count). The smallest absolute Gasteiger partial charge is 0.229 e. The number of rotatable bonds is 5. The average Bonchev–Trinajstić information content (AvgIpc) is 2.15. The van der Waals surface area contributed by atoms with Gasteiger partial charge >= 0.3 is 0 Å². The molecule has 0 unspecified atom stereocenters. The van der Waals surface area contributed by atoms with Crippen molar-refractivity contribution >= 4 is 20.0 Å². The van der Waals surface area contributed by atoms with Crippen molar-refractivity contribution in [1.82, 2.24) is 4.72 Å². The van der Waals surface area contributed by atoms with Crippen LogP contribution >= 0.6 is 0 Å². The van der Waals surface area contributed by atoms with Crippen molar-refractivity contribution < 1.29 is 21.2 Å². The highest BCUT2D eigenvalue weighted by Gasteiger charge is 2.18. The minimum atomic E-state index is -4.06. The zero-order valence-electron chi connectivity index (χ0n) is 8.63. The molecule has 0 atom stereocenters. The third kappa shape index (κ3) is 4.38. The zero-order valence-corrected chi connectivity index (χ0v) is 10.3. The summed E-state index contributed by atoms with van der Waals surface area (Å²) in [6, 6.07) is 4.78. The molecule has 0 heterocycles. The van der Waals surface area contributed by atoms with Gasteiger partial charge < -0.3 is 0 Å². The fourth-order valence-corrected chi connectivity index (χ4v) is 2.68. The lowest BCUT2D eigenvalue weighted by molar-refractivity contribution is 0.558. The molecule has 0 saturated carbocycles. The number of nitrogens with two attached hydrogens (primary N) is 1. The quantitative estimate of drug-likeness (QED) is 0.751. The van der Waals surface area contributed by atoms with E-state index in [-0.39, 0.29) is 0 Å². The monoisotopic (exact) mass is 282 g/mol. The third-order valence-corrected chi connectivity index (χ3v) is 4.07. The highest BCUT2D eigenvalue weighted by atomic mass is 32.2. The minimum Gasteiger partial charge on any atom is -0.229 e. The van der Waals surface area contributed by atoms with Gasteiger partial charge in [0.15, 0.2) is 0 Å². The molecule has 0 spiro atoms. The highest BCUT2D eigenvalue weighted by Crippen LogP contribution is 2.12. The summed E-state index contributed by atoms with van der Waals surface area (Å²) in [5, 5.41) is 4.70. The molecule has 0 aliphatic carbocycles. The first kappa shape index (κ1) is 14.0. The summed E-state index contributed by atoms with van der Waals surface area (Å²) in [7, 11) is -7.82. The van der Waals surface area contributed by atoms with Crippen LogP contribution in [0.25, 0.3) is 0 Å². The van der Waals surface area contributed by atoms with Gasteiger partial charge in [0.2, 0.25) is 20.0 Å². The van der Waals surface area contributed by atoms with E-state index in [0.29, 0.717) is 0 Å². The molecule has 0 radical (unpaired) electrons. The number of hydrogen-bond acceptors (Lipinski definition) is 4. The summed E-state index contributed by atoms with van der Waals surface area (Å²) in [6.07, 6.45) is 0. The van der Waals surface area contributed by atoms with Crippen LogP contribution in [-0.4, -0.2) is 29.1 Å². The first-order chi connectivity index (χ1) is 7.72. The van der Waals surface area contributed by atoms with Crippen molar-refractivity contribution in [2.45, 2.75) is 4.90 Å². The number of nitrogens with one attached hydrogen (secondary N) is 1. The van der Waals surface area contributed by atoms with Gasteiger partial charge in [0.1, 0.15) is 10.7 Å². The topological polar surface area (TPSA) is 106 Å². The lowest BCUT2D eigenvalue weighted by Gasteiger charge is -2.06. The molecule has 96 valence electrons. The van der Waals surface area contributed by atoms with Gasteiger partial charge in [-0.15, -0.1) is 0 Å². The molecule has 0 fully saturated rings. The molecule has 0 aliphatic heterocycles. The number of halogens is 1. The maximum atomic E-state index is 13.2. The molecule has 1 aromatic carbocycles. The van der Waals surface area contributed by atoms with Crippen LogP contribution in [0.1, 0.15) is 0 Å². The summed E-state index contributed by atoms with van der Waals surface area (Å²) >= 11 is 0. The summed E-state index contributed by atoms with van der Waals surface area (Å²) in [4.78, 5) is -0.533. The number of hydrogen-bond donors (Lipinski definition) is 2. The number of sulfonamides is 2. The fourth-order valence-electron chi connectivity index (χ4n) is 1.06. The van der Waals surface area contributed by atoms with E-state index < -0.39 is 43.1 Å². The van der Waals surface area contributed by atoms with E-state index in [1.807, 2.05) is 4.72 Å². The second-order valence-electron chi connectivity index (χ2n) is 3.20. The van der Waals surface area contributed by atoms with Crippen molar-refractivity contribution in [2.75, 3.05) is 12.3 Å². The van der Waals surface area contributed by atoms with Gasteiger partial charge in [-0.3, -0.25) is 0 Å². The van der Waals surface area contributed by atoms with Gasteiger partial charge in [-0.1, -0.05) is 12.1 Å². The summed E-state index contributed by atoms with van der Waals surface area (Å²) in [6.45, 7) is -0.407. The Labute approximate surface area is 98.7 Å². The summed E-state index contributed by atoms with van der Waals surface area (Å²) in [5.41, 5.74) is 0. The largest absolute Gasteiger partial charge is 0.243 e. The van der Waals surface area contributed by atoms with Crippen LogP contribution < -0.4 is 9.86 Å². The van der Waals surface area contributed by atoms with Crippen molar-refractivity contribution in [1.29, 1.82) is 0 Å². The molecule has 0 saturated heterocycles. The van der Waals surface area contributed by atoms with Gasteiger partial charge in [-0.2, -0.15) is 0 Å². The average molecular weight is 282 g/mol. The number of primary sulfonamides is 1. The maximum absolute atomic E-state index is 13.2. The molecule has 17 heavy (non-hydrogen) atoms. The van der Waals surface area contributed by atoms with E-state index in [1.165, 1.54) is 12.1 Å². The molecule has 0 bridgehead atoms. The second-order valence-corrected chi connectivity index (χ2v) is 6.66. The lowest BCUT2D eigenvalue weighted by atomic mass is 10.4. The Bertz CT molecular complexity index is 598. The normalized spacial score (nSPS) is 12.6. The SMILES string of the molecule is NS(=O)(=O)CCNS(=O)(=O)c1ccccc1F. The maximum Gasteiger partial charge on any atom is 0.243 e. The first-order valence-electron chi connectivity index (χ1n) is 4.47. The first-order valence-corrected chi connectivity index (χ1v) is 7.67. The zero-order chi connectivity index (χ0) is 13.1. The van der Waals surface area contributed by atoms with Gasteiger partial charge in [0.25, 0.3) is 0 Å². The molecule has 1 aromatic rings. The predicted octanol–water partition coefficient (Wildman–Crippen LogP) is -0.607. The minimum absolute atomic E-state index is 0.407. The van der Waals surface area contributed by atoms with Crippen LogP contribution in [0.3, 0.4) is 0 Å². The van der Waals surface area contributed by atoms with Gasteiger partial charge in [-0.25, -0.2) is 31.1 Å². The molecule has 9 heteroatoms. The van der Waals surface area contributed by atoms with Crippen LogP contribution in [-0.2, 0) is 20.0 Å². The second kappa shape index (κ2) is 5.08. The summed E-state index contributed by atoms with van der Waals surface area (Å²) in [5.74, 6) is -1.46. The van der Waals surface area contributed by atoms with E-state index in [4.69, 9.17) is 5.14 Å². The summed E-state index contributed by atoms with van der Waals surface area (Å²) < 4.78 is 59.4. The van der Waals surface area contributed by atoms with Crippen LogP contribution in [0, 0.1) is 5.82 Å². The van der Waals surface area contributed by atoms with E-state index in [0.717, 1.165) is 12.1 Å². The highest BCUT2D eigenvalue weighted by molar-refractivity contribution is 7.90. The Morgan fingerprint density at radius 2 is 1.76 bits per heavy atom.